The lowest BCUT2D eigenvalue weighted by atomic mass is 10.1. The number of rotatable bonds is 6. The van der Waals surface area contributed by atoms with Crippen LogP contribution in [0.25, 0.3) is 0 Å². The number of methoxy groups -OCH3 is 2. The number of hydrogen-bond donors (Lipinski definition) is 1. The first kappa shape index (κ1) is 21.1. The molecule has 29 heavy (non-hydrogen) atoms. The molecular formula is C21H26N2O5S. The molecule has 0 saturated carbocycles. The largest absolute Gasteiger partial charge is 0.496 e. The van der Waals surface area contributed by atoms with Gasteiger partial charge in [-0.25, -0.2) is 8.42 Å². The average Bonchev–Trinajstić information content (AvgIpc) is 3.03. The van der Waals surface area contributed by atoms with Crippen LogP contribution < -0.4 is 14.8 Å². The third-order valence-corrected chi connectivity index (χ3v) is 6.88. The average molecular weight is 419 g/mol. The van der Waals surface area contributed by atoms with Crippen molar-refractivity contribution in [2.24, 2.45) is 0 Å². The van der Waals surface area contributed by atoms with E-state index in [4.69, 9.17) is 9.47 Å². The first-order valence-corrected chi connectivity index (χ1v) is 11.0. The maximum atomic E-state index is 12.9. The summed E-state index contributed by atoms with van der Waals surface area (Å²) in [7, 11) is -0.563. The molecule has 3 rings (SSSR count). The maximum Gasteiger partial charge on any atom is 0.263 e. The van der Waals surface area contributed by atoms with E-state index in [-0.39, 0.29) is 10.5 Å². The first-order chi connectivity index (χ1) is 14.0. The fourth-order valence-corrected chi connectivity index (χ4v) is 4.93. The third kappa shape index (κ3) is 4.71. The lowest BCUT2D eigenvalue weighted by Crippen LogP contribution is -2.31. The lowest BCUT2D eigenvalue weighted by Gasteiger charge is -2.20. The summed E-state index contributed by atoms with van der Waals surface area (Å²) in [5, 5.41) is 2.77. The van der Waals surface area contributed by atoms with E-state index in [9.17, 15) is 13.2 Å². The van der Waals surface area contributed by atoms with Gasteiger partial charge in [0.2, 0.25) is 10.0 Å². The van der Waals surface area contributed by atoms with Crippen LogP contribution in [0.2, 0.25) is 0 Å². The number of carbonyl (C=O) groups is 1. The molecule has 1 amide bonds. The van der Waals surface area contributed by atoms with Gasteiger partial charge in [-0.15, -0.1) is 0 Å². The smallest absolute Gasteiger partial charge is 0.263 e. The quantitative estimate of drug-likeness (QED) is 0.776. The minimum absolute atomic E-state index is 0.229. The van der Waals surface area contributed by atoms with Crippen molar-refractivity contribution in [3.63, 3.8) is 0 Å². The number of sulfonamides is 1. The summed E-state index contributed by atoms with van der Waals surface area (Å²) >= 11 is 0. The number of anilines is 1. The summed E-state index contributed by atoms with van der Waals surface area (Å²) in [5.74, 6) is 0.381. The Morgan fingerprint density at radius 1 is 0.897 bits per heavy atom. The van der Waals surface area contributed by atoms with Crippen molar-refractivity contribution in [2.75, 3.05) is 32.6 Å². The molecule has 2 aromatic rings. The fourth-order valence-electron chi connectivity index (χ4n) is 3.41. The van der Waals surface area contributed by atoms with Crippen molar-refractivity contribution in [3.8, 4) is 11.5 Å². The molecule has 0 radical (unpaired) electrons. The van der Waals surface area contributed by atoms with Crippen LogP contribution in [0.4, 0.5) is 5.69 Å². The van der Waals surface area contributed by atoms with Crippen LogP contribution in [0.5, 0.6) is 11.5 Å². The number of benzene rings is 2. The van der Waals surface area contributed by atoms with Gasteiger partial charge < -0.3 is 14.8 Å². The fraction of sp³-hybridized carbons (Fsp3) is 0.381. The predicted molar refractivity (Wildman–Crippen MR) is 111 cm³/mol. The Morgan fingerprint density at radius 2 is 1.45 bits per heavy atom. The van der Waals surface area contributed by atoms with E-state index in [2.05, 4.69) is 5.32 Å². The topological polar surface area (TPSA) is 84.9 Å². The molecular weight excluding hydrogens is 392 g/mol. The zero-order chi connectivity index (χ0) is 20.9. The summed E-state index contributed by atoms with van der Waals surface area (Å²) in [6.45, 7) is 1.10. The van der Waals surface area contributed by atoms with Gasteiger partial charge in [0.1, 0.15) is 17.1 Å². The lowest BCUT2D eigenvalue weighted by molar-refractivity contribution is 0.102. The number of nitrogens with one attached hydrogen (secondary N) is 1. The van der Waals surface area contributed by atoms with Gasteiger partial charge in [-0.1, -0.05) is 18.9 Å². The van der Waals surface area contributed by atoms with Gasteiger partial charge in [-0.2, -0.15) is 4.31 Å². The zero-order valence-electron chi connectivity index (χ0n) is 16.7. The van der Waals surface area contributed by atoms with Crippen molar-refractivity contribution in [1.82, 2.24) is 4.31 Å². The summed E-state index contributed by atoms with van der Waals surface area (Å²) < 4.78 is 37.8. The molecule has 1 aliphatic heterocycles. The molecule has 0 unspecified atom stereocenters. The molecule has 1 fully saturated rings. The summed E-state index contributed by atoms with van der Waals surface area (Å²) in [6.07, 6.45) is 3.88. The molecule has 1 aliphatic rings. The normalized spacial score (nSPS) is 15.4. The Hall–Kier alpha value is -2.58. The Bertz CT molecular complexity index is 927. The predicted octanol–water partition coefficient (Wildman–Crippen LogP) is 3.52. The van der Waals surface area contributed by atoms with Gasteiger partial charge in [-0.3, -0.25) is 4.79 Å². The van der Waals surface area contributed by atoms with Crippen LogP contribution in [0.15, 0.2) is 47.4 Å². The van der Waals surface area contributed by atoms with Gasteiger partial charge >= 0.3 is 0 Å². The highest BCUT2D eigenvalue weighted by Gasteiger charge is 2.25. The number of ether oxygens (including phenoxy) is 2. The monoisotopic (exact) mass is 418 g/mol. The minimum Gasteiger partial charge on any atom is -0.496 e. The molecule has 7 nitrogen and oxygen atoms in total. The zero-order valence-corrected chi connectivity index (χ0v) is 17.5. The van der Waals surface area contributed by atoms with Crippen LogP contribution in [-0.4, -0.2) is 45.9 Å². The standard InChI is InChI=1S/C21H26N2O5S/c1-27-18-8-7-9-19(28-2)20(18)21(24)22-16-10-12-17(13-11-16)29(25,26)23-14-5-3-4-6-15-23/h7-13H,3-6,14-15H2,1-2H3,(H,22,24). The molecule has 0 aromatic heterocycles. The van der Waals surface area contributed by atoms with Crippen LogP contribution >= 0.6 is 0 Å². The Labute approximate surface area is 171 Å². The Morgan fingerprint density at radius 3 is 1.97 bits per heavy atom. The van der Waals surface area contributed by atoms with E-state index >= 15 is 0 Å². The molecule has 0 atom stereocenters. The van der Waals surface area contributed by atoms with E-state index in [0.717, 1.165) is 25.7 Å². The number of nitrogens with zero attached hydrogens (tertiary/aromatic N) is 1. The third-order valence-electron chi connectivity index (χ3n) is 4.97. The summed E-state index contributed by atoms with van der Waals surface area (Å²) in [5.41, 5.74) is 0.761. The Kier molecular flexibility index (Phi) is 6.76. The van der Waals surface area contributed by atoms with E-state index in [1.807, 2.05) is 0 Å². The summed E-state index contributed by atoms with van der Waals surface area (Å²) in [6, 6.07) is 11.3. The van der Waals surface area contributed by atoms with Gasteiger partial charge in [0.05, 0.1) is 19.1 Å². The highest BCUT2D eigenvalue weighted by atomic mass is 32.2. The molecule has 2 aromatic carbocycles. The molecule has 0 aliphatic carbocycles. The van der Waals surface area contributed by atoms with Crippen LogP contribution in [-0.2, 0) is 10.0 Å². The van der Waals surface area contributed by atoms with Crippen molar-refractivity contribution in [1.29, 1.82) is 0 Å². The van der Waals surface area contributed by atoms with Crippen molar-refractivity contribution in [2.45, 2.75) is 30.6 Å². The van der Waals surface area contributed by atoms with Crippen LogP contribution in [0.1, 0.15) is 36.0 Å². The van der Waals surface area contributed by atoms with Crippen molar-refractivity contribution in [3.05, 3.63) is 48.0 Å². The van der Waals surface area contributed by atoms with Gasteiger partial charge in [-0.05, 0) is 49.2 Å². The Balaban J connectivity index is 1.78. The van der Waals surface area contributed by atoms with Gasteiger partial charge in [0.25, 0.3) is 5.91 Å². The van der Waals surface area contributed by atoms with Gasteiger partial charge in [0, 0.05) is 18.8 Å². The SMILES string of the molecule is COc1cccc(OC)c1C(=O)Nc1ccc(S(=O)(=O)N2CCCCCC2)cc1. The summed E-state index contributed by atoms with van der Waals surface area (Å²) in [4.78, 5) is 13.0. The second kappa shape index (κ2) is 9.28. The van der Waals surface area contributed by atoms with Crippen LogP contribution in [0.3, 0.4) is 0 Å². The van der Waals surface area contributed by atoms with Gasteiger partial charge in [0.15, 0.2) is 0 Å². The van der Waals surface area contributed by atoms with E-state index in [1.54, 1.807) is 34.6 Å². The number of amides is 1. The highest BCUT2D eigenvalue weighted by molar-refractivity contribution is 7.89. The first-order valence-electron chi connectivity index (χ1n) is 9.60. The van der Waals surface area contributed by atoms with E-state index in [0.29, 0.717) is 30.3 Å². The molecule has 1 heterocycles. The maximum absolute atomic E-state index is 12.9. The molecule has 1 saturated heterocycles. The van der Waals surface area contributed by atoms with Crippen molar-refractivity contribution >= 4 is 21.6 Å². The second-order valence-electron chi connectivity index (χ2n) is 6.83. The van der Waals surface area contributed by atoms with Crippen molar-refractivity contribution < 1.29 is 22.7 Å². The number of hydrogen-bond acceptors (Lipinski definition) is 5. The molecule has 1 N–H and O–H groups in total. The minimum atomic E-state index is -3.52. The highest BCUT2D eigenvalue weighted by Crippen LogP contribution is 2.29. The second-order valence-corrected chi connectivity index (χ2v) is 8.77. The molecule has 8 heteroatoms. The molecule has 156 valence electrons. The van der Waals surface area contributed by atoms with Crippen LogP contribution in [0, 0.1) is 0 Å². The molecule has 0 spiro atoms. The van der Waals surface area contributed by atoms with E-state index in [1.165, 1.54) is 26.4 Å². The number of carbonyl (C=O) groups excluding carboxylic acids is 1. The van der Waals surface area contributed by atoms with E-state index < -0.39 is 15.9 Å². The molecule has 0 bridgehead atoms.